The van der Waals surface area contributed by atoms with E-state index in [1.54, 1.807) is 12.1 Å². The summed E-state index contributed by atoms with van der Waals surface area (Å²) >= 11 is 12.7. The van der Waals surface area contributed by atoms with Crippen LogP contribution in [0.1, 0.15) is 0 Å². The third-order valence-corrected chi connectivity index (χ3v) is 8.49. The largest absolute Gasteiger partial charge is 0.493 e. The van der Waals surface area contributed by atoms with Crippen LogP contribution in [0.25, 0.3) is 10.9 Å². The number of thiophene rings is 1. The van der Waals surface area contributed by atoms with Crippen LogP contribution in [0.3, 0.4) is 0 Å². The predicted octanol–water partition coefficient (Wildman–Crippen LogP) is 3.52. The van der Waals surface area contributed by atoms with Crippen LogP contribution < -0.4 is 14.2 Å². The number of halogens is 2. The molecule has 0 amide bonds. The Morgan fingerprint density at radius 3 is 2.66 bits per heavy atom. The molecule has 1 aromatic carbocycles. The normalized spacial score (nSPS) is 15.1. The van der Waals surface area contributed by atoms with E-state index in [4.69, 9.17) is 37.4 Å². The lowest BCUT2D eigenvalue weighted by Gasteiger charge is -2.26. The van der Waals surface area contributed by atoms with E-state index >= 15 is 0 Å². The van der Waals surface area contributed by atoms with Gasteiger partial charge in [0.25, 0.3) is 10.0 Å². The van der Waals surface area contributed by atoms with Crippen LogP contribution in [0.2, 0.25) is 9.36 Å². The van der Waals surface area contributed by atoms with Crippen LogP contribution in [0, 0.1) is 0 Å². The molecule has 0 bridgehead atoms. The van der Waals surface area contributed by atoms with E-state index in [1.165, 1.54) is 19.5 Å². The summed E-state index contributed by atoms with van der Waals surface area (Å²) in [4.78, 5) is 10.6. The first-order chi connectivity index (χ1) is 15.4. The molecule has 0 unspecified atom stereocenters. The van der Waals surface area contributed by atoms with Crippen molar-refractivity contribution in [2.75, 3.05) is 51.3 Å². The lowest BCUT2D eigenvalue weighted by atomic mass is 10.2. The van der Waals surface area contributed by atoms with Crippen molar-refractivity contribution in [3.8, 4) is 11.5 Å². The molecule has 0 spiro atoms. The van der Waals surface area contributed by atoms with E-state index in [-0.39, 0.29) is 19.4 Å². The van der Waals surface area contributed by atoms with E-state index in [9.17, 15) is 8.42 Å². The lowest BCUT2D eigenvalue weighted by Crippen LogP contribution is -2.38. The SMILES string of the molecule is COc1cc2c(NS(=O)(=O)c3cc(Cl)c(Cl)s3)ncnc2cc1OCCN1CCOCC1. The van der Waals surface area contributed by atoms with Crippen LogP contribution in [0.5, 0.6) is 11.5 Å². The van der Waals surface area contributed by atoms with Gasteiger partial charge in [-0.2, -0.15) is 0 Å². The Labute approximate surface area is 199 Å². The quantitative estimate of drug-likeness (QED) is 0.483. The summed E-state index contributed by atoms with van der Waals surface area (Å²) in [5.74, 6) is 1.06. The summed E-state index contributed by atoms with van der Waals surface area (Å²) in [5, 5.41) is 0.632. The van der Waals surface area contributed by atoms with Crippen molar-refractivity contribution in [3.05, 3.63) is 33.9 Å². The summed E-state index contributed by atoms with van der Waals surface area (Å²) in [6.45, 7) is 4.40. The zero-order valence-electron chi connectivity index (χ0n) is 17.0. The second-order valence-corrected chi connectivity index (χ2v) is 10.8. The molecule has 3 heterocycles. The maximum atomic E-state index is 12.8. The Morgan fingerprint density at radius 2 is 1.97 bits per heavy atom. The van der Waals surface area contributed by atoms with Crippen molar-refractivity contribution in [3.63, 3.8) is 0 Å². The second-order valence-electron chi connectivity index (χ2n) is 6.84. The first-order valence-electron chi connectivity index (χ1n) is 9.60. The minimum atomic E-state index is -3.94. The molecular weight excluding hydrogens is 499 g/mol. The molecule has 9 nitrogen and oxygen atoms in total. The number of morpholine rings is 1. The van der Waals surface area contributed by atoms with Crippen LogP contribution in [0.4, 0.5) is 5.82 Å². The fraction of sp³-hybridized carbons (Fsp3) is 0.368. The van der Waals surface area contributed by atoms with Crippen LogP contribution >= 0.6 is 34.5 Å². The Balaban J connectivity index is 1.57. The summed E-state index contributed by atoms with van der Waals surface area (Å²) < 4.78 is 44.9. The second kappa shape index (κ2) is 9.94. The van der Waals surface area contributed by atoms with E-state index in [1.807, 2.05) is 0 Å². The van der Waals surface area contributed by atoms with Gasteiger partial charge < -0.3 is 14.2 Å². The fourth-order valence-electron chi connectivity index (χ4n) is 3.16. The smallest absolute Gasteiger partial charge is 0.272 e. The number of benzene rings is 1. The van der Waals surface area contributed by atoms with E-state index in [2.05, 4.69) is 19.6 Å². The minimum absolute atomic E-state index is 0.0192. The van der Waals surface area contributed by atoms with Gasteiger partial charge in [0, 0.05) is 31.1 Å². The number of hydrogen-bond acceptors (Lipinski definition) is 9. The van der Waals surface area contributed by atoms with Gasteiger partial charge >= 0.3 is 0 Å². The maximum Gasteiger partial charge on any atom is 0.272 e. The van der Waals surface area contributed by atoms with Gasteiger partial charge in [-0.15, -0.1) is 11.3 Å². The van der Waals surface area contributed by atoms with Gasteiger partial charge in [-0.1, -0.05) is 23.2 Å². The van der Waals surface area contributed by atoms with Gasteiger partial charge in [0.1, 0.15) is 21.5 Å². The van der Waals surface area contributed by atoms with Crippen LogP contribution in [-0.2, 0) is 14.8 Å². The van der Waals surface area contributed by atoms with Crippen molar-refractivity contribution in [1.82, 2.24) is 14.9 Å². The Morgan fingerprint density at radius 1 is 1.19 bits per heavy atom. The number of aromatic nitrogens is 2. The van der Waals surface area contributed by atoms with Gasteiger partial charge in [0.2, 0.25) is 0 Å². The highest BCUT2D eigenvalue weighted by Crippen LogP contribution is 2.37. The summed E-state index contributed by atoms with van der Waals surface area (Å²) in [6.07, 6.45) is 1.28. The van der Waals surface area contributed by atoms with Crippen LogP contribution in [-0.4, -0.2) is 69.9 Å². The number of nitrogens with zero attached hydrogens (tertiary/aromatic N) is 3. The monoisotopic (exact) mass is 518 g/mol. The molecule has 2 aromatic heterocycles. The zero-order chi connectivity index (χ0) is 22.7. The Hall–Kier alpha value is -1.89. The van der Waals surface area contributed by atoms with Gasteiger partial charge in [0.05, 0.1) is 30.9 Å². The molecule has 0 atom stereocenters. The van der Waals surface area contributed by atoms with Crippen molar-refractivity contribution in [2.24, 2.45) is 0 Å². The van der Waals surface area contributed by atoms with Crippen molar-refractivity contribution < 1.29 is 22.6 Å². The number of sulfonamides is 1. The molecule has 0 aliphatic carbocycles. The number of methoxy groups -OCH3 is 1. The molecule has 1 aliphatic rings. The number of rotatable bonds is 8. The lowest BCUT2D eigenvalue weighted by molar-refractivity contribution is 0.0321. The Bertz CT molecular complexity index is 1200. The third kappa shape index (κ3) is 5.19. The highest BCUT2D eigenvalue weighted by atomic mass is 35.5. The molecular formula is C19H20Cl2N4O5S2. The first-order valence-corrected chi connectivity index (χ1v) is 12.7. The molecule has 1 aliphatic heterocycles. The highest BCUT2D eigenvalue weighted by Gasteiger charge is 2.22. The predicted molar refractivity (Wildman–Crippen MR) is 124 cm³/mol. The van der Waals surface area contributed by atoms with E-state index < -0.39 is 10.0 Å². The molecule has 3 aromatic rings. The standard InChI is InChI=1S/C19H20Cl2N4O5S2/c1-28-15-8-12-14(10-16(15)30-7-4-25-2-5-29-6-3-25)22-11-23-19(12)24-32(26,27)17-9-13(20)18(21)31-17/h8-11H,2-7H2,1H3,(H,22,23,24). The third-order valence-electron chi connectivity index (χ3n) is 4.81. The van der Waals surface area contributed by atoms with Crippen molar-refractivity contribution in [1.29, 1.82) is 0 Å². The summed E-state index contributed by atoms with van der Waals surface area (Å²) in [5.41, 5.74) is 0.502. The van der Waals surface area contributed by atoms with Gasteiger partial charge in [-0.25, -0.2) is 18.4 Å². The van der Waals surface area contributed by atoms with E-state index in [0.717, 1.165) is 44.2 Å². The van der Waals surface area contributed by atoms with Gasteiger partial charge in [0.15, 0.2) is 17.3 Å². The minimum Gasteiger partial charge on any atom is -0.493 e. The average Bonchev–Trinajstić information content (AvgIpc) is 3.13. The van der Waals surface area contributed by atoms with Crippen molar-refractivity contribution >= 4 is 61.3 Å². The zero-order valence-corrected chi connectivity index (χ0v) is 20.2. The topological polar surface area (TPSA) is 103 Å². The Kier molecular flexibility index (Phi) is 7.23. The molecule has 4 rings (SSSR count). The molecule has 172 valence electrons. The molecule has 0 radical (unpaired) electrons. The summed E-state index contributed by atoms with van der Waals surface area (Å²) in [7, 11) is -2.43. The molecule has 1 fully saturated rings. The van der Waals surface area contributed by atoms with Gasteiger partial charge in [-0.05, 0) is 12.1 Å². The average molecular weight is 519 g/mol. The molecule has 0 saturated carbocycles. The fourth-order valence-corrected chi connectivity index (χ4v) is 6.07. The molecule has 1 N–H and O–H groups in total. The number of anilines is 1. The number of fused-ring (bicyclic) bond motifs is 1. The molecule has 13 heteroatoms. The van der Waals surface area contributed by atoms with E-state index in [0.29, 0.717) is 29.0 Å². The number of hydrogen-bond donors (Lipinski definition) is 1. The first kappa shape index (κ1) is 23.3. The number of nitrogens with one attached hydrogen (secondary N) is 1. The highest BCUT2D eigenvalue weighted by molar-refractivity contribution is 7.94. The molecule has 32 heavy (non-hydrogen) atoms. The maximum absolute atomic E-state index is 12.8. The van der Waals surface area contributed by atoms with Crippen molar-refractivity contribution in [2.45, 2.75) is 4.21 Å². The van der Waals surface area contributed by atoms with Crippen LogP contribution in [0.15, 0.2) is 28.7 Å². The number of ether oxygens (including phenoxy) is 3. The molecule has 1 saturated heterocycles. The van der Waals surface area contributed by atoms with Gasteiger partial charge in [-0.3, -0.25) is 9.62 Å². The summed E-state index contributed by atoms with van der Waals surface area (Å²) in [6, 6.07) is 4.64.